The molecule has 4 nitrogen and oxygen atoms in total. The van der Waals surface area contributed by atoms with E-state index in [1.807, 2.05) is 84.9 Å². The van der Waals surface area contributed by atoms with Gasteiger partial charge in [0.1, 0.15) is 35.4 Å². The molecule has 0 aliphatic carbocycles. The first-order valence-corrected chi connectivity index (χ1v) is 23.0. The highest BCUT2D eigenvalue weighted by atomic mass is 32.1. The van der Waals surface area contributed by atoms with Crippen molar-refractivity contribution in [2.75, 3.05) is 0 Å². The van der Waals surface area contributed by atoms with Crippen LogP contribution < -0.4 is 18.1 Å². The largest absolute Gasteiger partial charge is 0.192 e. The van der Waals surface area contributed by atoms with E-state index in [-0.39, 0.29) is 11.1 Å². The molecule has 0 unspecified atom stereocenters. The minimum atomic E-state index is 0.133. The van der Waals surface area contributed by atoms with E-state index in [1.165, 1.54) is 22.7 Å². The van der Waals surface area contributed by atoms with Gasteiger partial charge in [-0.1, -0.05) is 84.3 Å². The minimum absolute atomic E-state index is 0.133. The number of nitriles is 4. The Balaban J connectivity index is 1.06. The smallest absolute Gasteiger partial charge is 0.146 e. The van der Waals surface area contributed by atoms with Crippen LogP contribution in [0, 0.1) is 69.0 Å². The van der Waals surface area contributed by atoms with Crippen molar-refractivity contribution in [1.82, 2.24) is 0 Å². The molecular weight excluding hydrogens is 849 g/mol. The monoisotopic (exact) mass is 870 g/mol. The standard InChI is InChI=1S/C50H22N4S6/c51-27-35(28-52)45-17-15-37(55-45)21-41-25-49-47(59-41)23-39(57-49)13-11-33-20-44(32-9-5-2-6-10-32)34(19-43(33)31-7-3-1-4-8-31)12-14-40-24-48-50(58-40)26-42(60-48)22-38-16-18-46(56-38)36(29-53)30-54/h1-10,15-26H/b37-21-,38-22-. The van der Waals surface area contributed by atoms with Crippen LogP contribution in [0.2, 0.25) is 0 Å². The molecule has 0 saturated heterocycles. The Labute approximate surface area is 368 Å². The molecule has 3 aromatic carbocycles. The second kappa shape index (κ2) is 17.0. The summed E-state index contributed by atoms with van der Waals surface area (Å²) in [5.74, 6) is 14.1. The molecular formula is C50H22N4S6. The number of thiophene rings is 6. The van der Waals surface area contributed by atoms with Crippen molar-refractivity contribution < 1.29 is 0 Å². The second-order valence-corrected chi connectivity index (χ2v) is 19.7. The minimum Gasteiger partial charge on any atom is -0.192 e. The summed E-state index contributed by atoms with van der Waals surface area (Å²) in [4.78, 5) is 4.18. The van der Waals surface area contributed by atoms with Gasteiger partial charge in [-0.05, 0) is 95.1 Å². The van der Waals surface area contributed by atoms with Gasteiger partial charge in [0.05, 0.1) is 18.8 Å². The Hall–Kier alpha value is -7.06. The maximum Gasteiger partial charge on any atom is 0.146 e. The fourth-order valence-electron chi connectivity index (χ4n) is 6.43. The quantitative estimate of drug-likeness (QED) is 0.165. The topological polar surface area (TPSA) is 95.2 Å². The van der Waals surface area contributed by atoms with E-state index in [0.717, 1.165) is 80.8 Å². The fraction of sp³-hybridized carbons (Fsp3) is 0. The van der Waals surface area contributed by atoms with Crippen molar-refractivity contribution in [2.24, 2.45) is 0 Å². The van der Waals surface area contributed by atoms with Crippen LogP contribution in [0.5, 0.6) is 0 Å². The van der Waals surface area contributed by atoms with Gasteiger partial charge in [0.15, 0.2) is 0 Å². The van der Waals surface area contributed by atoms with Crippen LogP contribution >= 0.6 is 68.0 Å². The molecule has 0 aliphatic heterocycles. The lowest BCUT2D eigenvalue weighted by molar-refractivity contribution is 1.51. The van der Waals surface area contributed by atoms with Crippen LogP contribution in [0.15, 0.2) is 121 Å². The van der Waals surface area contributed by atoms with Crippen molar-refractivity contribution >= 4 is 110 Å². The summed E-state index contributed by atoms with van der Waals surface area (Å²) >= 11 is 9.62. The van der Waals surface area contributed by atoms with E-state index in [0.29, 0.717) is 9.06 Å². The average molecular weight is 871 g/mol. The van der Waals surface area contributed by atoms with E-state index in [2.05, 4.69) is 96.5 Å². The molecule has 0 amide bonds. The zero-order valence-corrected chi connectivity index (χ0v) is 35.8. The Morgan fingerprint density at radius 1 is 0.400 bits per heavy atom. The highest BCUT2D eigenvalue weighted by molar-refractivity contribution is 7.29. The number of fused-ring (bicyclic) bond motifs is 2. The van der Waals surface area contributed by atoms with Gasteiger partial charge in [0.25, 0.3) is 0 Å². The highest BCUT2D eigenvalue weighted by Gasteiger charge is 2.13. The van der Waals surface area contributed by atoms with Gasteiger partial charge in [-0.15, -0.1) is 68.0 Å². The number of benzene rings is 3. The Bertz CT molecular complexity index is 3380. The number of hydrogen-bond donors (Lipinski definition) is 0. The fourth-order valence-corrected chi connectivity index (χ4v) is 12.8. The molecule has 0 saturated carbocycles. The van der Waals surface area contributed by atoms with Crippen molar-refractivity contribution in [2.45, 2.75) is 0 Å². The van der Waals surface area contributed by atoms with Crippen LogP contribution in [0.3, 0.4) is 0 Å². The maximum atomic E-state index is 9.23. The zero-order chi connectivity index (χ0) is 41.0. The van der Waals surface area contributed by atoms with E-state index in [4.69, 9.17) is 0 Å². The third kappa shape index (κ3) is 8.14. The maximum absolute atomic E-state index is 9.23. The van der Waals surface area contributed by atoms with E-state index >= 15 is 0 Å². The lowest BCUT2D eigenvalue weighted by Crippen LogP contribution is -1.96. The normalized spacial score (nSPS) is 11.2. The van der Waals surface area contributed by atoms with Crippen LogP contribution in [-0.2, 0) is 0 Å². The summed E-state index contributed by atoms with van der Waals surface area (Å²) in [5.41, 5.74) is 6.27. The van der Waals surface area contributed by atoms with Crippen molar-refractivity contribution in [3.05, 3.63) is 170 Å². The molecule has 0 spiro atoms. The van der Waals surface area contributed by atoms with E-state index in [1.54, 1.807) is 45.3 Å². The van der Waals surface area contributed by atoms with Crippen molar-refractivity contribution in [3.63, 3.8) is 0 Å². The summed E-state index contributed by atoms with van der Waals surface area (Å²) < 4.78 is 8.01. The van der Waals surface area contributed by atoms with Crippen LogP contribution in [0.4, 0.5) is 0 Å². The third-order valence-corrected chi connectivity index (χ3v) is 15.6. The predicted octanol–water partition coefficient (Wildman–Crippen LogP) is 10.5. The van der Waals surface area contributed by atoms with Gasteiger partial charge in [0, 0.05) is 48.7 Å². The van der Waals surface area contributed by atoms with Gasteiger partial charge in [0.2, 0.25) is 0 Å². The lowest BCUT2D eigenvalue weighted by Gasteiger charge is -2.12. The van der Waals surface area contributed by atoms with Gasteiger partial charge < -0.3 is 0 Å². The lowest BCUT2D eigenvalue weighted by atomic mass is 9.91. The van der Waals surface area contributed by atoms with Crippen LogP contribution in [0.25, 0.3) is 64.4 Å². The molecule has 10 heteroatoms. The Kier molecular flexibility index (Phi) is 10.9. The summed E-state index contributed by atoms with van der Waals surface area (Å²) in [6.45, 7) is 0. The first kappa shape index (κ1) is 38.5. The molecule has 6 heterocycles. The molecule has 9 rings (SSSR count). The SMILES string of the molecule is N#CC(C#N)=c1cc/c(=C/c2cc3sc(C#Cc4cc(-c5ccccc5)c(C#Cc5cc6sc(/C=c7/ccc(=C(C#N)C#N)s7)cc6s5)cc4-c4ccccc4)cc3s2)s1. The molecule has 0 radical (unpaired) electrons. The molecule has 0 fully saturated rings. The number of rotatable bonds is 4. The van der Waals surface area contributed by atoms with Gasteiger partial charge in [-0.25, -0.2) is 0 Å². The van der Waals surface area contributed by atoms with Crippen molar-refractivity contribution in [3.8, 4) is 70.2 Å². The van der Waals surface area contributed by atoms with E-state index < -0.39 is 0 Å². The third-order valence-electron chi connectivity index (χ3n) is 9.18. The highest BCUT2D eigenvalue weighted by Crippen LogP contribution is 2.36. The molecule has 0 N–H and O–H groups in total. The first-order chi connectivity index (χ1) is 29.5. The number of nitrogens with zero attached hydrogens (tertiary/aromatic N) is 4. The van der Waals surface area contributed by atoms with Gasteiger partial charge in [-0.2, -0.15) is 21.0 Å². The summed E-state index contributed by atoms with van der Waals surface area (Å²) in [6.07, 6.45) is 4.19. The van der Waals surface area contributed by atoms with Gasteiger partial charge >= 0.3 is 0 Å². The zero-order valence-electron chi connectivity index (χ0n) is 30.9. The molecule has 0 bridgehead atoms. The molecule has 9 aromatic rings. The molecule has 60 heavy (non-hydrogen) atoms. The van der Waals surface area contributed by atoms with Crippen LogP contribution in [0.1, 0.15) is 30.6 Å². The van der Waals surface area contributed by atoms with E-state index in [9.17, 15) is 21.0 Å². The Morgan fingerprint density at radius 3 is 1.18 bits per heavy atom. The van der Waals surface area contributed by atoms with Gasteiger partial charge in [-0.3, -0.25) is 0 Å². The van der Waals surface area contributed by atoms with Crippen LogP contribution in [-0.4, -0.2) is 0 Å². The predicted molar refractivity (Wildman–Crippen MR) is 252 cm³/mol. The van der Waals surface area contributed by atoms with Crippen molar-refractivity contribution in [1.29, 1.82) is 21.0 Å². The molecule has 0 aliphatic rings. The molecule has 0 atom stereocenters. The average Bonchev–Trinajstić information content (AvgIpc) is 4.14. The number of hydrogen-bond acceptors (Lipinski definition) is 10. The first-order valence-electron chi connectivity index (χ1n) is 18.1. The molecule has 278 valence electrons. The summed E-state index contributed by atoms with van der Waals surface area (Å²) in [5, 5.41) is 36.9. The molecule has 6 aromatic heterocycles. The summed E-state index contributed by atoms with van der Waals surface area (Å²) in [6, 6.07) is 49.1. The Morgan fingerprint density at radius 2 is 0.800 bits per heavy atom. The summed E-state index contributed by atoms with van der Waals surface area (Å²) in [7, 11) is 0. The second-order valence-electron chi connectivity index (χ2n) is 13.0.